The van der Waals surface area contributed by atoms with Crippen molar-refractivity contribution in [2.45, 2.75) is 50.7 Å². The van der Waals surface area contributed by atoms with Gasteiger partial charge in [0, 0.05) is 26.2 Å². The van der Waals surface area contributed by atoms with Crippen LogP contribution in [0.3, 0.4) is 0 Å². The molecule has 0 bridgehead atoms. The van der Waals surface area contributed by atoms with Gasteiger partial charge in [-0.05, 0) is 50.2 Å². The van der Waals surface area contributed by atoms with Gasteiger partial charge in [-0.1, -0.05) is 30.8 Å². The van der Waals surface area contributed by atoms with E-state index in [1.54, 1.807) is 0 Å². The minimum Gasteiger partial charge on any atom is -0.342 e. The Morgan fingerprint density at radius 3 is 2.59 bits per heavy atom. The Balaban J connectivity index is 1.48. The van der Waals surface area contributed by atoms with Gasteiger partial charge in [0.15, 0.2) is 5.16 Å². The fraction of sp³-hybridized carbons (Fsp3) is 0.591. The number of benzene rings is 1. The summed E-state index contributed by atoms with van der Waals surface area (Å²) in [5, 5.41) is 0.759. The fourth-order valence-electron chi connectivity index (χ4n) is 4.33. The van der Waals surface area contributed by atoms with Crippen molar-refractivity contribution in [2.75, 3.05) is 31.9 Å². The molecule has 2 amide bonds. The van der Waals surface area contributed by atoms with E-state index >= 15 is 0 Å². The number of para-hydroxylation sites is 2. The summed E-state index contributed by atoms with van der Waals surface area (Å²) in [6, 6.07) is 7.90. The number of hydrogen-bond acceptors (Lipinski definition) is 4. The molecule has 2 saturated heterocycles. The van der Waals surface area contributed by atoms with Crippen LogP contribution in [-0.2, 0) is 16.1 Å². The maximum absolute atomic E-state index is 12.9. The van der Waals surface area contributed by atoms with Crippen LogP contribution in [0.4, 0.5) is 0 Å². The smallest absolute Gasteiger partial charge is 0.242 e. The second kappa shape index (κ2) is 9.20. The SMILES string of the molecule is CC1CCCN(C(=O)CSc2nc3ccccc3n2CC(=O)N2CCCCC2)C1. The summed E-state index contributed by atoms with van der Waals surface area (Å²) in [7, 11) is 0. The summed E-state index contributed by atoms with van der Waals surface area (Å²) >= 11 is 1.45. The van der Waals surface area contributed by atoms with Crippen LogP contribution in [0.2, 0.25) is 0 Å². The van der Waals surface area contributed by atoms with Gasteiger partial charge in [-0.2, -0.15) is 0 Å². The van der Waals surface area contributed by atoms with E-state index in [9.17, 15) is 9.59 Å². The number of hydrogen-bond donors (Lipinski definition) is 0. The van der Waals surface area contributed by atoms with Crippen molar-refractivity contribution >= 4 is 34.6 Å². The van der Waals surface area contributed by atoms with Crippen LogP contribution in [0.1, 0.15) is 39.0 Å². The lowest BCUT2D eigenvalue weighted by atomic mass is 10.0. The highest BCUT2D eigenvalue weighted by atomic mass is 32.2. The average molecular weight is 415 g/mol. The highest BCUT2D eigenvalue weighted by molar-refractivity contribution is 7.99. The van der Waals surface area contributed by atoms with Crippen molar-refractivity contribution in [3.05, 3.63) is 24.3 Å². The Labute approximate surface area is 176 Å². The van der Waals surface area contributed by atoms with Gasteiger partial charge in [-0.15, -0.1) is 0 Å². The second-order valence-corrected chi connectivity index (χ2v) is 9.23. The maximum Gasteiger partial charge on any atom is 0.242 e. The summed E-state index contributed by atoms with van der Waals surface area (Å²) in [5.74, 6) is 1.26. The zero-order valence-corrected chi connectivity index (χ0v) is 18.0. The molecule has 1 aromatic carbocycles. The number of carbonyl (C=O) groups is 2. The molecule has 2 aromatic rings. The number of likely N-dealkylation sites (tertiary alicyclic amines) is 2. The van der Waals surface area contributed by atoms with Crippen LogP contribution >= 0.6 is 11.8 Å². The first-order valence-electron chi connectivity index (χ1n) is 10.8. The number of aromatic nitrogens is 2. The van der Waals surface area contributed by atoms with Gasteiger partial charge < -0.3 is 14.4 Å². The van der Waals surface area contributed by atoms with Crippen molar-refractivity contribution < 1.29 is 9.59 Å². The number of amides is 2. The van der Waals surface area contributed by atoms with Crippen molar-refractivity contribution in [1.82, 2.24) is 19.4 Å². The van der Waals surface area contributed by atoms with Gasteiger partial charge >= 0.3 is 0 Å². The molecule has 0 aliphatic carbocycles. The van der Waals surface area contributed by atoms with E-state index in [-0.39, 0.29) is 18.4 Å². The molecule has 0 N–H and O–H groups in total. The molecule has 6 nitrogen and oxygen atoms in total. The van der Waals surface area contributed by atoms with Crippen molar-refractivity contribution in [3.63, 3.8) is 0 Å². The van der Waals surface area contributed by atoms with E-state index in [4.69, 9.17) is 4.98 Å². The Bertz CT molecular complexity index is 875. The molecule has 1 aromatic heterocycles. The predicted octanol–water partition coefficient (Wildman–Crippen LogP) is 3.40. The third-order valence-electron chi connectivity index (χ3n) is 5.96. The molecule has 2 fully saturated rings. The molecular weight excluding hydrogens is 384 g/mol. The molecule has 29 heavy (non-hydrogen) atoms. The topological polar surface area (TPSA) is 58.4 Å². The van der Waals surface area contributed by atoms with Gasteiger partial charge in [0.1, 0.15) is 6.54 Å². The summed E-state index contributed by atoms with van der Waals surface area (Å²) in [4.78, 5) is 34.3. The minimum atomic E-state index is 0.144. The Hall–Kier alpha value is -2.02. The van der Waals surface area contributed by atoms with Crippen LogP contribution in [0.15, 0.2) is 29.4 Å². The molecule has 7 heteroatoms. The van der Waals surface area contributed by atoms with Crippen LogP contribution in [0, 0.1) is 5.92 Å². The molecule has 4 rings (SSSR count). The number of thioether (sulfide) groups is 1. The third kappa shape index (κ3) is 4.77. The lowest BCUT2D eigenvalue weighted by Gasteiger charge is -2.30. The van der Waals surface area contributed by atoms with Crippen LogP contribution < -0.4 is 0 Å². The third-order valence-corrected chi connectivity index (χ3v) is 6.92. The number of fused-ring (bicyclic) bond motifs is 1. The number of nitrogens with zero attached hydrogens (tertiary/aromatic N) is 4. The molecule has 0 saturated carbocycles. The molecular formula is C22H30N4O2S. The summed E-state index contributed by atoms with van der Waals surface area (Å²) in [5.41, 5.74) is 1.83. The number of piperidine rings is 2. The monoisotopic (exact) mass is 414 g/mol. The van der Waals surface area contributed by atoms with E-state index in [0.29, 0.717) is 11.7 Å². The second-order valence-electron chi connectivity index (χ2n) is 8.29. The van der Waals surface area contributed by atoms with E-state index in [0.717, 1.165) is 61.6 Å². The van der Waals surface area contributed by atoms with Gasteiger partial charge in [0.25, 0.3) is 0 Å². The first kappa shape index (κ1) is 20.3. The van der Waals surface area contributed by atoms with E-state index in [2.05, 4.69) is 6.92 Å². The van der Waals surface area contributed by atoms with Gasteiger partial charge in [-0.3, -0.25) is 9.59 Å². The normalized spacial score (nSPS) is 20.2. The lowest BCUT2D eigenvalue weighted by Crippen LogP contribution is -2.40. The zero-order chi connectivity index (χ0) is 20.2. The average Bonchev–Trinajstić information content (AvgIpc) is 3.10. The van der Waals surface area contributed by atoms with E-state index in [1.807, 2.05) is 38.6 Å². The first-order chi connectivity index (χ1) is 14.1. The van der Waals surface area contributed by atoms with Crippen LogP contribution in [0.25, 0.3) is 11.0 Å². The number of rotatable bonds is 5. The zero-order valence-electron chi connectivity index (χ0n) is 17.2. The molecule has 2 aliphatic rings. The molecule has 2 aliphatic heterocycles. The molecule has 1 atom stereocenters. The molecule has 3 heterocycles. The summed E-state index contributed by atoms with van der Waals surface area (Å²) in [6.07, 6.45) is 5.66. The van der Waals surface area contributed by atoms with Crippen molar-refractivity contribution in [3.8, 4) is 0 Å². The minimum absolute atomic E-state index is 0.144. The molecule has 0 radical (unpaired) electrons. The van der Waals surface area contributed by atoms with Crippen molar-refractivity contribution in [2.24, 2.45) is 5.92 Å². The van der Waals surface area contributed by atoms with Crippen LogP contribution in [-0.4, -0.2) is 63.1 Å². The Kier molecular flexibility index (Phi) is 6.43. The first-order valence-corrected chi connectivity index (χ1v) is 11.7. The Morgan fingerprint density at radius 2 is 1.79 bits per heavy atom. The molecule has 1 unspecified atom stereocenters. The van der Waals surface area contributed by atoms with E-state index in [1.165, 1.54) is 24.6 Å². The standard InChI is InChI=1S/C22H30N4O2S/c1-17-8-7-13-25(14-17)21(28)16-29-22-23-18-9-3-4-10-19(18)26(22)15-20(27)24-11-5-2-6-12-24/h3-4,9-10,17H,2,5-8,11-16H2,1H3. The van der Waals surface area contributed by atoms with Gasteiger partial charge in [0.05, 0.1) is 16.8 Å². The summed E-state index contributed by atoms with van der Waals surface area (Å²) in [6.45, 7) is 5.89. The highest BCUT2D eigenvalue weighted by Gasteiger charge is 2.23. The number of imidazole rings is 1. The molecule has 156 valence electrons. The van der Waals surface area contributed by atoms with Crippen molar-refractivity contribution in [1.29, 1.82) is 0 Å². The predicted molar refractivity (Wildman–Crippen MR) is 116 cm³/mol. The largest absolute Gasteiger partial charge is 0.342 e. The lowest BCUT2D eigenvalue weighted by molar-refractivity contribution is -0.132. The molecule has 0 spiro atoms. The highest BCUT2D eigenvalue weighted by Crippen LogP contribution is 2.26. The fourth-order valence-corrected chi connectivity index (χ4v) is 5.25. The Morgan fingerprint density at radius 1 is 1.03 bits per heavy atom. The van der Waals surface area contributed by atoms with Crippen LogP contribution in [0.5, 0.6) is 0 Å². The number of carbonyl (C=O) groups excluding carboxylic acids is 2. The van der Waals surface area contributed by atoms with E-state index < -0.39 is 0 Å². The maximum atomic E-state index is 12.9. The van der Waals surface area contributed by atoms with Gasteiger partial charge in [0.2, 0.25) is 11.8 Å². The summed E-state index contributed by atoms with van der Waals surface area (Å²) < 4.78 is 1.99. The van der Waals surface area contributed by atoms with Gasteiger partial charge in [-0.25, -0.2) is 4.98 Å². The quantitative estimate of drug-likeness (QED) is 0.704.